The Kier molecular flexibility index (Phi) is 3.49. The van der Waals surface area contributed by atoms with Gasteiger partial charge < -0.3 is 10.5 Å². The summed E-state index contributed by atoms with van der Waals surface area (Å²) in [6, 6.07) is 12.1. The number of hydrogen-bond acceptors (Lipinski definition) is 2. The van der Waals surface area contributed by atoms with Gasteiger partial charge in [-0.15, -0.1) is 0 Å². The molecule has 2 N–H and O–H groups in total. The first-order valence-corrected chi connectivity index (χ1v) is 5.46. The Balaban J connectivity index is 2.15. The molecule has 2 rings (SSSR count). The highest BCUT2D eigenvalue weighted by Crippen LogP contribution is 2.29. The fraction of sp³-hybridized carbons (Fsp3) is 0.0769. The molecular weight excluding hydrogens is 241 g/mol. The van der Waals surface area contributed by atoms with Crippen LogP contribution < -0.4 is 10.5 Å². The molecule has 0 aromatic heterocycles. The van der Waals surface area contributed by atoms with Crippen LogP contribution in [0.3, 0.4) is 0 Å². The molecule has 0 radical (unpaired) electrons. The lowest BCUT2D eigenvalue weighted by atomic mass is 10.2. The maximum absolute atomic E-state index is 13.5. The Labute approximate surface area is 104 Å². The van der Waals surface area contributed by atoms with E-state index in [1.165, 1.54) is 12.1 Å². The van der Waals surface area contributed by atoms with Gasteiger partial charge in [-0.2, -0.15) is 0 Å². The number of anilines is 1. The summed E-state index contributed by atoms with van der Waals surface area (Å²) in [5, 5.41) is 0.257. The molecule has 0 aliphatic rings. The Morgan fingerprint density at radius 2 is 1.88 bits per heavy atom. The topological polar surface area (TPSA) is 35.2 Å². The number of nitrogen functional groups attached to an aromatic ring is 1. The smallest absolute Gasteiger partial charge is 0.178 e. The first-order chi connectivity index (χ1) is 8.16. The maximum atomic E-state index is 13.5. The van der Waals surface area contributed by atoms with E-state index in [1.54, 1.807) is 0 Å². The van der Waals surface area contributed by atoms with Crippen LogP contribution in [0, 0.1) is 5.82 Å². The van der Waals surface area contributed by atoms with Gasteiger partial charge in [0.1, 0.15) is 6.61 Å². The number of benzene rings is 2. The van der Waals surface area contributed by atoms with E-state index in [4.69, 9.17) is 22.1 Å². The van der Waals surface area contributed by atoms with E-state index in [1.807, 2.05) is 30.3 Å². The minimum absolute atomic E-state index is 0.0400. The predicted molar refractivity (Wildman–Crippen MR) is 66.6 cm³/mol. The number of halogens is 2. The van der Waals surface area contributed by atoms with Crippen LogP contribution in [0.25, 0.3) is 0 Å². The molecule has 0 saturated heterocycles. The minimum atomic E-state index is -0.550. The van der Waals surface area contributed by atoms with E-state index < -0.39 is 5.82 Å². The fourth-order valence-corrected chi connectivity index (χ4v) is 1.68. The lowest BCUT2D eigenvalue weighted by Crippen LogP contribution is -2.01. The monoisotopic (exact) mass is 251 g/mol. The van der Waals surface area contributed by atoms with Crippen molar-refractivity contribution in [1.82, 2.24) is 0 Å². The van der Waals surface area contributed by atoms with Crippen molar-refractivity contribution in [2.24, 2.45) is 0 Å². The van der Waals surface area contributed by atoms with Crippen molar-refractivity contribution < 1.29 is 9.13 Å². The number of nitrogens with two attached hydrogens (primary N) is 1. The molecule has 0 amide bonds. The molecule has 17 heavy (non-hydrogen) atoms. The lowest BCUT2D eigenvalue weighted by molar-refractivity contribution is 0.292. The van der Waals surface area contributed by atoms with Crippen LogP contribution in [-0.2, 0) is 6.61 Å². The van der Waals surface area contributed by atoms with Gasteiger partial charge in [-0.3, -0.25) is 0 Å². The molecule has 0 spiro atoms. The Bertz CT molecular complexity index is 493. The van der Waals surface area contributed by atoms with Crippen molar-refractivity contribution >= 4 is 17.3 Å². The lowest BCUT2D eigenvalue weighted by Gasteiger charge is -2.10. The molecule has 0 aliphatic heterocycles. The van der Waals surface area contributed by atoms with Crippen molar-refractivity contribution in [3.8, 4) is 5.75 Å². The summed E-state index contributed by atoms with van der Waals surface area (Å²) in [5.74, 6) is -0.510. The molecule has 2 aromatic carbocycles. The van der Waals surface area contributed by atoms with Crippen LogP contribution in [0.2, 0.25) is 5.02 Å². The fourth-order valence-electron chi connectivity index (χ4n) is 1.46. The maximum Gasteiger partial charge on any atom is 0.178 e. The van der Waals surface area contributed by atoms with Crippen LogP contribution in [0.5, 0.6) is 5.75 Å². The molecule has 0 aliphatic carbocycles. The first-order valence-electron chi connectivity index (χ1n) is 5.08. The second-order valence-corrected chi connectivity index (χ2v) is 4.02. The Morgan fingerprint density at radius 1 is 1.18 bits per heavy atom. The summed E-state index contributed by atoms with van der Waals surface area (Å²) in [7, 11) is 0. The minimum Gasteiger partial charge on any atom is -0.484 e. The van der Waals surface area contributed by atoms with Crippen LogP contribution in [0.1, 0.15) is 5.56 Å². The van der Waals surface area contributed by atoms with Gasteiger partial charge in [0, 0.05) is 5.02 Å². The zero-order valence-electron chi connectivity index (χ0n) is 8.99. The van der Waals surface area contributed by atoms with Crippen molar-refractivity contribution in [2.45, 2.75) is 6.61 Å². The van der Waals surface area contributed by atoms with E-state index in [-0.39, 0.29) is 23.1 Å². The van der Waals surface area contributed by atoms with Crippen molar-refractivity contribution in [3.05, 3.63) is 58.9 Å². The van der Waals surface area contributed by atoms with Crippen molar-refractivity contribution in [2.75, 3.05) is 5.73 Å². The molecule has 0 unspecified atom stereocenters. The zero-order valence-corrected chi connectivity index (χ0v) is 9.75. The summed E-state index contributed by atoms with van der Waals surface area (Å²) in [5.41, 5.74) is 6.78. The van der Waals surface area contributed by atoms with E-state index in [9.17, 15) is 4.39 Å². The van der Waals surface area contributed by atoms with E-state index in [2.05, 4.69) is 0 Å². The molecule has 0 bridgehead atoms. The molecule has 0 saturated carbocycles. The van der Waals surface area contributed by atoms with Gasteiger partial charge >= 0.3 is 0 Å². The molecule has 2 nitrogen and oxygen atoms in total. The Hall–Kier alpha value is -1.74. The molecule has 0 atom stereocenters. The van der Waals surface area contributed by atoms with Gasteiger partial charge in [-0.1, -0.05) is 41.9 Å². The summed E-state index contributed by atoms with van der Waals surface area (Å²) in [4.78, 5) is 0. The quantitative estimate of drug-likeness (QED) is 0.846. The third-order valence-electron chi connectivity index (χ3n) is 2.26. The number of ether oxygens (including phenoxy) is 1. The van der Waals surface area contributed by atoms with Gasteiger partial charge in [-0.05, 0) is 17.7 Å². The van der Waals surface area contributed by atoms with Gasteiger partial charge in [-0.25, -0.2) is 4.39 Å². The van der Waals surface area contributed by atoms with Gasteiger partial charge in [0.15, 0.2) is 11.6 Å². The van der Waals surface area contributed by atoms with Crippen LogP contribution >= 0.6 is 11.6 Å². The third-order valence-corrected chi connectivity index (χ3v) is 2.48. The Morgan fingerprint density at radius 3 is 2.53 bits per heavy atom. The largest absolute Gasteiger partial charge is 0.484 e. The first kappa shape index (κ1) is 11.7. The van der Waals surface area contributed by atoms with Gasteiger partial charge in [0.05, 0.1) is 5.69 Å². The highest BCUT2D eigenvalue weighted by atomic mass is 35.5. The molecule has 4 heteroatoms. The highest BCUT2D eigenvalue weighted by Gasteiger charge is 2.09. The SMILES string of the molecule is Nc1cc(Cl)cc(F)c1OCc1ccccc1. The van der Waals surface area contributed by atoms with E-state index in [0.29, 0.717) is 0 Å². The van der Waals surface area contributed by atoms with Crippen LogP contribution in [0.4, 0.5) is 10.1 Å². The number of rotatable bonds is 3. The molecule has 0 heterocycles. The summed E-state index contributed by atoms with van der Waals surface area (Å²) in [6.07, 6.45) is 0. The molecular formula is C13H11ClFNO. The zero-order chi connectivity index (χ0) is 12.3. The van der Waals surface area contributed by atoms with Crippen molar-refractivity contribution in [3.63, 3.8) is 0 Å². The average molecular weight is 252 g/mol. The van der Waals surface area contributed by atoms with Gasteiger partial charge in [0.25, 0.3) is 0 Å². The molecule has 88 valence electrons. The van der Waals surface area contributed by atoms with Crippen LogP contribution in [0.15, 0.2) is 42.5 Å². The average Bonchev–Trinajstić information content (AvgIpc) is 2.29. The molecule has 0 fully saturated rings. The van der Waals surface area contributed by atoms with Gasteiger partial charge in [0.2, 0.25) is 0 Å². The summed E-state index contributed by atoms with van der Waals surface area (Å²) >= 11 is 5.66. The number of hydrogen-bond donors (Lipinski definition) is 1. The second-order valence-electron chi connectivity index (χ2n) is 3.58. The standard InChI is InChI=1S/C13H11ClFNO/c14-10-6-11(15)13(12(16)7-10)17-8-9-4-2-1-3-5-9/h1-7H,8,16H2. The van der Waals surface area contributed by atoms with Crippen LogP contribution in [-0.4, -0.2) is 0 Å². The molecule has 2 aromatic rings. The predicted octanol–water partition coefficient (Wildman–Crippen LogP) is 3.64. The summed E-state index contributed by atoms with van der Waals surface area (Å²) in [6.45, 7) is 0.267. The third kappa shape index (κ3) is 2.88. The van der Waals surface area contributed by atoms with E-state index in [0.717, 1.165) is 5.56 Å². The highest BCUT2D eigenvalue weighted by molar-refractivity contribution is 6.30. The van der Waals surface area contributed by atoms with Crippen molar-refractivity contribution in [1.29, 1.82) is 0 Å². The second kappa shape index (κ2) is 5.06. The van der Waals surface area contributed by atoms with E-state index >= 15 is 0 Å². The summed E-state index contributed by atoms with van der Waals surface area (Å²) < 4.78 is 18.9. The normalized spacial score (nSPS) is 10.2.